The highest BCUT2D eigenvalue weighted by atomic mass is 35.5. The van der Waals surface area contributed by atoms with Crippen molar-refractivity contribution in [2.75, 3.05) is 19.0 Å². The molecule has 0 heterocycles. The third-order valence-electron chi connectivity index (χ3n) is 4.02. The molecule has 154 valence electrons. The summed E-state index contributed by atoms with van der Waals surface area (Å²) in [5.41, 5.74) is 0.788. The van der Waals surface area contributed by atoms with Gasteiger partial charge in [-0.1, -0.05) is 43.6 Å². The summed E-state index contributed by atoms with van der Waals surface area (Å²) in [5.74, 6) is -1.46. The Morgan fingerprint density at radius 3 is 2.38 bits per heavy atom. The minimum atomic E-state index is -0.892. The molecule has 0 aromatic heterocycles. The van der Waals surface area contributed by atoms with Crippen LogP contribution in [0.4, 0.5) is 5.69 Å². The lowest BCUT2D eigenvalue weighted by Gasteiger charge is -2.21. The third kappa shape index (κ3) is 6.50. The predicted octanol–water partition coefficient (Wildman–Crippen LogP) is 3.28. The van der Waals surface area contributed by atoms with Crippen LogP contribution in [0.5, 0.6) is 5.75 Å². The van der Waals surface area contributed by atoms with E-state index in [0.29, 0.717) is 22.0 Å². The van der Waals surface area contributed by atoms with Gasteiger partial charge in [0.25, 0.3) is 11.8 Å². The van der Waals surface area contributed by atoms with Crippen LogP contribution in [0.1, 0.15) is 24.2 Å². The Bertz CT molecular complexity index is 871. The number of ether oxygens (including phenoxy) is 2. The van der Waals surface area contributed by atoms with Crippen LogP contribution in [0.15, 0.2) is 48.5 Å². The van der Waals surface area contributed by atoms with Gasteiger partial charge in [-0.25, -0.2) is 4.79 Å². The SMILES string of the molecule is COc1ccc(Cl)cc1NC(=O)COC(=O)[C@@H](NC(=O)c1ccccc1)C(C)C. The van der Waals surface area contributed by atoms with Gasteiger partial charge in [0, 0.05) is 10.6 Å². The number of benzene rings is 2. The summed E-state index contributed by atoms with van der Waals surface area (Å²) >= 11 is 5.93. The van der Waals surface area contributed by atoms with Crippen LogP contribution in [0.3, 0.4) is 0 Å². The van der Waals surface area contributed by atoms with Gasteiger partial charge >= 0.3 is 5.97 Å². The Balaban J connectivity index is 1.95. The fourth-order valence-corrected chi connectivity index (χ4v) is 2.67. The van der Waals surface area contributed by atoms with Crippen molar-refractivity contribution < 1.29 is 23.9 Å². The lowest BCUT2D eigenvalue weighted by Crippen LogP contribution is -2.45. The number of hydrogen-bond donors (Lipinski definition) is 2. The summed E-state index contributed by atoms with van der Waals surface area (Å²) in [5, 5.41) is 5.65. The van der Waals surface area contributed by atoms with Crippen molar-refractivity contribution >= 4 is 35.1 Å². The van der Waals surface area contributed by atoms with Gasteiger partial charge in [-0.05, 0) is 36.2 Å². The molecule has 2 rings (SSSR count). The molecule has 8 heteroatoms. The molecule has 0 aliphatic carbocycles. The summed E-state index contributed by atoms with van der Waals surface area (Å²) in [6, 6.07) is 12.4. The van der Waals surface area contributed by atoms with Gasteiger partial charge in [0.05, 0.1) is 12.8 Å². The number of anilines is 1. The summed E-state index contributed by atoms with van der Waals surface area (Å²) in [7, 11) is 1.46. The molecule has 2 aromatic carbocycles. The van der Waals surface area contributed by atoms with Crippen LogP contribution in [-0.4, -0.2) is 37.5 Å². The Hall–Kier alpha value is -3.06. The summed E-state index contributed by atoms with van der Waals surface area (Å²) in [6.07, 6.45) is 0. The van der Waals surface area contributed by atoms with Crippen LogP contribution in [0, 0.1) is 5.92 Å². The van der Waals surface area contributed by atoms with Gasteiger partial charge in [0.2, 0.25) is 0 Å². The second kappa shape index (κ2) is 10.5. The zero-order valence-corrected chi connectivity index (χ0v) is 17.2. The van der Waals surface area contributed by atoms with Crippen molar-refractivity contribution in [1.29, 1.82) is 0 Å². The first kappa shape index (κ1) is 22.2. The third-order valence-corrected chi connectivity index (χ3v) is 4.26. The van der Waals surface area contributed by atoms with Gasteiger partial charge in [0.15, 0.2) is 6.61 Å². The van der Waals surface area contributed by atoms with Crippen LogP contribution in [0.2, 0.25) is 5.02 Å². The van der Waals surface area contributed by atoms with Crippen LogP contribution in [-0.2, 0) is 14.3 Å². The number of amides is 2. The van der Waals surface area contributed by atoms with E-state index in [1.807, 2.05) is 0 Å². The standard InChI is InChI=1S/C21H23ClN2O5/c1-13(2)19(24-20(26)14-7-5-4-6-8-14)21(27)29-12-18(25)23-16-11-15(22)9-10-17(16)28-3/h4-11,13,19H,12H2,1-3H3,(H,23,25)(H,24,26)/t19-/m0/s1. The van der Waals surface area contributed by atoms with E-state index in [9.17, 15) is 14.4 Å². The van der Waals surface area contributed by atoms with Crippen molar-refractivity contribution in [1.82, 2.24) is 5.32 Å². The molecular formula is C21H23ClN2O5. The summed E-state index contributed by atoms with van der Waals surface area (Å²) < 4.78 is 10.3. The lowest BCUT2D eigenvalue weighted by molar-refractivity contribution is -0.150. The number of carbonyl (C=O) groups is 3. The molecule has 1 atom stereocenters. The van der Waals surface area contributed by atoms with Gasteiger partial charge in [-0.15, -0.1) is 0 Å². The van der Waals surface area contributed by atoms with Crippen LogP contribution in [0.25, 0.3) is 0 Å². The van der Waals surface area contributed by atoms with E-state index in [-0.39, 0.29) is 5.92 Å². The number of methoxy groups -OCH3 is 1. The smallest absolute Gasteiger partial charge is 0.329 e. The molecule has 29 heavy (non-hydrogen) atoms. The lowest BCUT2D eigenvalue weighted by atomic mass is 10.0. The summed E-state index contributed by atoms with van der Waals surface area (Å²) in [6.45, 7) is 3.03. The van der Waals surface area contributed by atoms with E-state index in [1.165, 1.54) is 13.2 Å². The Labute approximate surface area is 174 Å². The van der Waals surface area contributed by atoms with Gasteiger partial charge in [-0.2, -0.15) is 0 Å². The molecule has 2 N–H and O–H groups in total. The minimum absolute atomic E-state index is 0.230. The maximum Gasteiger partial charge on any atom is 0.329 e. The Kier molecular flexibility index (Phi) is 8.03. The van der Waals surface area contributed by atoms with Gasteiger partial charge in [-0.3, -0.25) is 9.59 Å². The summed E-state index contributed by atoms with van der Waals surface area (Å²) in [4.78, 5) is 36.9. The van der Waals surface area contributed by atoms with Crippen molar-refractivity contribution in [3.8, 4) is 5.75 Å². The normalized spacial score (nSPS) is 11.5. The maximum absolute atomic E-state index is 12.4. The first-order valence-corrected chi connectivity index (χ1v) is 9.35. The van der Waals surface area contributed by atoms with Gasteiger partial charge < -0.3 is 20.1 Å². The highest BCUT2D eigenvalue weighted by Crippen LogP contribution is 2.27. The highest BCUT2D eigenvalue weighted by molar-refractivity contribution is 6.31. The number of nitrogens with one attached hydrogen (secondary N) is 2. The fraction of sp³-hybridized carbons (Fsp3) is 0.286. The molecule has 0 unspecified atom stereocenters. The van der Waals surface area contributed by atoms with E-state index in [4.69, 9.17) is 21.1 Å². The monoisotopic (exact) mass is 418 g/mol. The molecule has 2 amide bonds. The molecule has 0 bridgehead atoms. The number of rotatable bonds is 8. The van der Waals surface area contributed by atoms with Crippen molar-refractivity contribution in [3.63, 3.8) is 0 Å². The molecule has 0 fully saturated rings. The maximum atomic E-state index is 12.4. The number of carbonyl (C=O) groups excluding carboxylic acids is 3. The molecule has 0 saturated carbocycles. The fourth-order valence-electron chi connectivity index (χ4n) is 2.50. The molecule has 0 aliphatic heterocycles. The predicted molar refractivity (Wildman–Crippen MR) is 110 cm³/mol. The zero-order valence-electron chi connectivity index (χ0n) is 16.4. The molecule has 0 aliphatic rings. The largest absolute Gasteiger partial charge is 0.495 e. The van der Waals surface area contributed by atoms with E-state index in [0.717, 1.165) is 0 Å². The average molecular weight is 419 g/mol. The number of esters is 1. The van der Waals surface area contributed by atoms with E-state index in [1.54, 1.807) is 56.3 Å². The number of halogens is 1. The second-order valence-electron chi connectivity index (χ2n) is 6.56. The first-order valence-electron chi connectivity index (χ1n) is 8.97. The quantitative estimate of drug-likeness (QED) is 0.641. The molecule has 0 radical (unpaired) electrons. The van der Waals surface area contributed by atoms with E-state index >= 15 is 0 Å². The van der Waals surface area contributed by atoms with Crippen LogP contribution >= 0.6 is 11.6 Å². The first-order chi connectivity index (χ1) is 13.8. The van der Waals surface area contributed by atoms with Crippen molar-refractivity contribution in [2.24, 2.45) is 5.92 Å². The topological polar surface area (TPSA) is 93.7 Å². The van der Waals surface area contributed by atoms with Crippen molar-refractivity contribution in [3.05, 3.63) is 59.1 Å². The van der Waals surface area contributed by atoms with Crippen LogP contribution < -0.4 is 15.4 Å². The van der Waals surface area contributed by atoms with E-state index < -0.39 is 30.4 Å². The molecule has 0 saturated heterocycles. The van der Waals surface area contributed by atoms with E-state index in [2.05, 4.69) is 10.6 Å². The highest BCUT2D eigenvalue weighted by Gasteiger charge is 2.26. The second-order valence-corrected chi connectivity index (χ2v) is 7.00. The Morgan fingerprint density at radius 1 is 1.07 bits per heavy atom. The molecule has 7 nitrogen and oxygen atoms in total. The minimum Gasteiger partial charge on any atom is -0.495 e. The average Bonchev–Trinajstić information content (AvgIpc) is 2.70. The number of hydrogen-bond acceptors (Lipinski definition) is 5. The zero-order chi connectivity index (χ0) is 21.4. The van der Waals surface area contributed by atoms with Gasteiger partial charge in [0.1, 0.15) is 11.8 Å². The molecule has 2 aromatic rings. The van der Waals surface area contributed by atoms with Crippen molar-refractivity contribution in [2.45, 2.75) is 19.9 Å². The molecular weight excluding hydrogens is 396 g/mol. The molecule has 0 spiro atoms. The Morgan fingerprint density at radius 2 is 1.76 bits per heavy atom.